The fraction of sp³-hybridized carbons (Fsp3) is 0.350. The Morgan fingerprint density at radius 3 is 2.55 bits per heavy atom. The predicted molar refractivity (Wildman–Crippen MR) is 105 cm³/mol. The molecule has 0 radical (unpaired) electrons. The Hall–Kier alpha value is -3.49. The molecule has 0 saturated carbocycles. The average molecular weight is 394 g/mol. The number of benzene rings is 1. The van der Waals surface area contributed by atoms with Gasteiger partial charge in [0.1, 0.15) is 12.1 Å². The molecule has 3 heterocycles. The smallest absolute Gasteiger partial charge is 0.333 e. The number of carboxylic acids is 1. The lowest BCUT2D eigenvalue weighted by atomic mass is 9.89. The van der Waals surface area contributed by atoms with E-state index < -0.39 is 11.5 Å². The lowest BCUT2D eigenvalue weighted by Gasteiger charge is -2.34. The summed E-state index contributed by atoms with van der Waals surface area (Å²) in [5.41, 5.74) is -0.238. The van der Waals surface area contributed by atoms with Crippen LogP contribution in [0.1, 0.15) is 25.3 Å². The number of nitrogens with zero attached hydrogens (tertiary/aromatic N) is 5. The van der Waals surface area contributed by atoms with Gasteiger partial charge in [0.05, 0.1) is 0 Å². The summed E-state index contributed by atoms with van der Waals surface area (Å²) in [7, 11) is 0. The zero-order valence-electron chi connectivity index (χ0n) is 16.0. The molecule has 1 aromatic carbocycles. The van der Waals surface area contributed by atoms with E-state index in [1.54, 1.807) is 35.1 Å². The van der Waals surface area contributed by atoms with Gasteiger partial charge in [-0.15, -0.1) is 15.3 Å². The molecule has 0 aliphatic carbocycles. The summed E-state index contributed by atoms with van der Waals surface area (Å²) in [6, 6.07) is 12.5. The molecule has 1 aliphatic heterocycles. The van der Waals surface area contributed by atoms with Crippen molar-refractivity contribution >= 4 is 23.3 Å². The first-order valence-electron chi connectivity index (χ1n) is 9.50. The second-order valence-corrected chi connectivity index (χ2v) is 7.37. The number of piperidine rings is 1. The largest absolute Gasteiger partial charge is 0.479 e. The van der Waals surface area contributed by atoms with Crippen LogP contribution in [0, 0.1) is 5.92 Å². The van der Waals surface area contributed by atoms with Crippen LogP contribution < -0.4 is 10.2 Å². The number of anilines is 1. The van der Waals surface area contributed by atoms with Crippen molar-refractivity contribution in [3.63, 3.8) is 0 Å². The van der Waals surface area contributed by atoms with E-state index in [-0.39, 0.29) is 11.8 Å². The van der Waals surface area contributed by atoms with Gasteiger partial charge in [-0.25, -0.2) is 4.79 Å². The monoisotopic (exact) mass is 394 g/mol. The minimum Gasteiger partial charge on any atom is -0.479 e. The number of carbonyl (C=O) groups excluding carboxylic acids is 1. The van der Waals surface area contributed by atoms with Gasteiger partial charge >= 0.3 is 5.97 Å². The first kappa shape index (κ1) is 18.9. The normalized spacial score (nSPS) is 17.1. The Bertz CT molecular complexity index is 1030. The number of carbonyl (C=O) groups is 2. The van der Waals surface area contributed by atoms with E-state index in [4.69, 9.17) is 0 Å². The summed E-state index contributed by atoms with van der Waals surface area (Å²) >= 11 is 0. The van der Waals surface area contributed by atoms with Crippen LogP contribution in [0.5, 0.6) is 0 Å². The highest BCUT2D eigenvalue weighted by atomic mass is 16.4. The van der Waals surface area contributed by atoms with E-state index in [0.717, 1.165) is 5.82 Å². The second kappa shape index (κ2) is 7.50. The maximum atomic E-state index is 12.8. The van der Waals surface area contributed by atoms with Crippen molar-refractivity contribution in [2.24, 2.45) is 5.92 Å². The Kier molecular flexibility index (Phi) is 4.87. The number of amides is 1. The molecule has 2 N–H and O–H groups in total. The third-order valence-corrected chi connectivity index (χ3v) is 5.49. The van der Waals surface area contributed by atoms with Gasteiger partial charge in [0.15, 0.2) is 11.2 Å². The standard InChI is InChI=1S/C20H22N6O3/c1-20(19(28)29,15-5-3-2-4-6-15)22-18(27)14-9-11-25(12-10-14)17-8-7-16-23-21-13-26(16)24-17/h2-8,13-14H,9-12H2,1H3,(H,22,27)(H,28,29). The molecule has 150 valence electrons. The summed E-state index contributed by atoms with van der Waals surface area (Å²) < 4.78 is 1.62. The predicted octanol–water partition coefficient (Wildman–Crippen LogP) is 1.46. The summed E-state index contributed by atoms with van der Waals surface area (Å²) in [6.07, 6.45) is 2.80. The van der Waals surface area contributed by atoms with E-state index >= 15 is 0 Å². The number of hydrogen-bond acceptors (Lipinski definition) is 6. The van der Waals surface area contributed by atoms with Crippen molar-refractivity contribution < 1.29 is 14.7 Å². The van der Waals surface area contributed by atoms with E-state index in [9.17, 15) is 14.7 Å². The fourth-order valence-corrected chi connectivity index (χ4v) is 3.63. The topological polar surface area (TPSA) is 113 Å². The average Bonchev–Trinajstić information content (AvgIpc) is 3.22. The molecule has 3 aromatic rings. The zero-order valence-corrected chi connectivity index (χ0v) is 16.0. The van der Waals surface area contributed by atoms with Gasteiger partial charge in [-0.1, -0.05) is 30.3 Å². The number of rotatable bonds is 5. The quantitative estimate of drug-likeness (QED) is 0.673. The summed E-state index contributed by atoms with van der Waals surface area (Å²) in [4.78, 5) is 26.9. The molecule has 0 spiro atoms. The van der Waals surface area contributed by atoms with E-state index in [2.05, 4.69) is 25.5 Å². The summed E-state index contributed by atoms with van der Waals surface area (Å²) in [6.45, 7) is 2.84. The third-order valence-electron chi connectivity index (χ3n) is 5.49. The molecule has 1 amide bonds. The molecule has 1 fully saturated rings. The van der Waals surface area contributed by atoms with Crippen LogP contribution in [0.15, 0.2) is 48.8 Å². The van der Waals surface area contributed by atoms with Crippen molar-refractivity contribution in [2.75, 3.05) is 18.0 Å². The fourth-order valence-electron chi connectivity index (χ4n) is 3.63. The second-order valence-electron chi connectivity index (χ2n) is 7.37. The zero-order chi connectivity index (χ0) is 20.4. The molecular weight excluding hydrogens is 372 g/mol. The van der Waals surface area contributed by atoms with Gasteiger partial charge in [-0.3, -0.25) is 4.79 Å². The van der Waals surface area contributed by atoms with Crippen LogP contribution in [0.3, 0.4) is 0 Å². The van der Waals surface area contributed by atoms with Gasteiger partial charge < -0.3 is 15.3 Å². The highest BCUT2D eigenvalue weighted by Crippen LogP contribution is 2.26. The van der Waals surface area contributed by atoms with Crippen LogP contribution in [0.4, 0.5) is 5.82 Å². The SMILES string of the molecule is CC(NC(=O)C1CCN(c2ccc3nncn3n2)CC1)(C(=O)O)c1ccccc1. The molecule has 4 rings (SSSR count). The number of nitrogens with one attached hydrogen (secondary N) is 1. The van der Waals surface area contributed by atoms with E-state index in [0.29, 0.717) is 37.1 Å². The summed E-state index contributed by atoms with van der Waals surface area (Å²) in [5, 5.41) is 24.8. The Morgan fingerprint density at radius 2 is 1.86 bits per heavy atom. The first-order chi connectivity index (χ1) is 14.0. The van der Waals surface area contributed by atoms with Gasteiger partial charge in [0.25, 0.3) is 0 Å². The minimum absolute atomic E-state index is 0.236. The molecular formula is C20H22N6O3. The van der Waals surface area contributed by atoms with Crippen LogP contribution in [-0.2, 0) is 15.1 Å². The van der Waals surface area contributed by atoms with Crippen molar-refractivity contribution in [2.45, 2.75) is 25.3 Å². The highest BCUT2D eigenvalue weighted by molar-refractivity contribution is 5.89. The molecule has 1 aliphatic rings. The van der Waals surface area contributed by atoms with Gasteiger partial charge in [-0.05, 0) is 37.5 Å². The number of hydrogen-bond donors (Lipinski definition) is 2. The van der Waals surface area contributed by atoms with Crippen LogP contribution >= 0.6 is 0 Å². The molecule has 2 aromatic heterocycles. The third kappa shape index (κ3) is 3.63. The van der Waals surface area contributed by atoms with Crippen molar-refractivity contribution in [1.82, 2.24) is 25.1 Å². The Morgan fingerprint density at radius 1 is 1.14 bits per heavy atom. The number of fused-ring (bicyclic) bond motifs is 1. The van der Waals surface area contributed by atoms with E-state index in [1.807, 2.05) is 18.2 Å². The van der Waals surface area contributed by atoms with Crippen LogP contribution in [0.2, 0.25) is 0 Å². The lowest BCUT2D eigenvalue weighted by Crippen LogP contribution is -2.52. The number of aromatic nitrogens is 4. The summed E-state index contributed by atoms with van der Waals surface area (Å²) in [5.74, 6) is -0.760. The highest BCUT2D eigenvalue weighted by Gasteiger charge is 2.39. The maximum absolute atomic E-state index is 12.8. The molecule has 9 nitrogen and oxygen atoms in total. The molecule has 0 bridgehead atoms. The van der Waals surface area contributed by atoms with Crippen molar-refractivity contribution in [3.05, 3.63) is 54.4 Å². The lowest BCUT2D eigenvalue weighted by molar-refractivity contribution is -0.148. The van der Waals surface area contributed by atoms with E-state index in [1.165, 1.54) is 6.92 Å². The van der Waals surface area contributed by atoms with Gasteiger partial charge in [0.2, 0.25) is 5.91 Å². The molecule has 9 heteroatoms. The Balaban J connectivity index is 1.42. The molecule has 29 heavy (non-hydrogen) atoms. The van der Waals surface area contributed by atoms with Gasteiger partial charge in [-0.2, -0.15) is 4.52 Å². The minimum atomic E-state index is -1.46. The first-order valence-corrected chi connectivity index (χ1v) is 9.50. The number of carboxylic acid groups (broad SMARTS) is 1. The van der Waals surface area contributed by atoms with Crippen LogP contribution in [-0.4, -0.2) is 49.9 Å². The Labute approximate surface area is 167 Å². The number of aliphatic carboxylic acids is 1. The molecule has 1 saturated heterocycles. The maximum Gasteiger partial charge on any atom is 0.333 e. The molecule has 1 unspecified atom stereocenters. The molecule has 1 atom stereocenters. The van der Waals surface area contributed by atoms with Crippen molar-refractivity contribution in [1.29, 1.82) is 0 Å². The van der Waals surface area contributed by atoms with Gasteiger partial charge in [0, 0.05) is 19.0 Å². The van der Waals surface area contributed by atoms with Crippen LogP contribution in [0.25, 0.3) is 5.65 Å². The van der Waals surface area contributed by atoms with Crippen molar-refractivity contribution in [3.8, 4) is 0 Å².